The van der Waals surface area contributed by atoms with E-state index in [1.54, 1.807) is 49.5 Å². The molecule has 1 aromatic heterocycles. The molecule has 2 heterocycles. The number of piperazine rings is 1. The molecule has 2 aromatic carbocycles. The first kappa shape index (κ1) is 24.7. The zero-order chi connectivity index (χ0) is 24.8. The van der Waals surface area contributed by atoms with Crippen LogP contribution in [0.5, 0.6) is 0 Å². The van der Waals surface area contributed by atoms with Crippen molar-refractivity contribution in [2.75, 3.05) is 49.0 Å². The molecule has 1 aliphatic heterocycles. The van der Waals surface area contributed by atoms with Crippen molar-refractivity contribution in [2.45, 2.75) is 18.4 Å². The molecule has 1 saturated heterocycles. The van der Waals surface area contributed by atoms with Gasteiger partial charge in [-0.1, -0.05) is 30.3 Å². The van der Waals surface area contributed by atoms with Crippen molar-refractivity contribution >= 4 is 27.4 Å². The van der Waals surface area contributed by atoms with Gasteiger partial charge in [0.25, 0.3) is 15.9 Å². The van der Waals surface area contributed by atoms with Gasteiger partial charge >= 0.3 is 0 Å². The Labute approximate surface area is 207 Å². The number of benzene rings is 2. The molecule has 8 nitrogen and oxygen atoms in total. The fraction of sp³-hybridized carbons (Fsp3) is 0.308. The van der Waals surface area contributed by atoms with Gasteiger partial charge in [-0.25, -0.2) is 13.4 Å². The lowest BCUT2D eigenvalue weighted by molar-refractivity contribution is 0.0950. The molecule has 1 fully saturated rings. The summed E-state index contributed by atoms with van der Waals surface area (Å²) in [6.07, 6.45) is 1.77. The number of nitrogens with zero attached hydrogens (tertiary/aromatic N) is 4. The second-order valence-electron chi connectivity index (χ2n) is 8.53. The van der Waals surface area contributed by atoms with Gasteiger partial charge in [0.05, 0.1) is 10.6 Å². The molecule has 0 bridgehead atoms. The highest BCUT2D eigenvalue weighted by atomic mass is 32.2. The van der Waals surface area contributed by atoms with Gasteiger partial charge in [0.1, 0.15) is 5.82 Å². The molecule has 1 amide bonds. The second kappa shape index (κ2) is 10.9. The van der Waals surface area contributed by atoms with E-state index in [-0.39, 0.29) is 22.9 Å². The average molecular weight is 494 g/mol. The number of anilines is 2. The first-order valence-corrected chi connectivity index (χ1v) is 13.2. The molecule has 0 saturated carbocycles. The lowest BCUT2D eigenvalue weighted by Crippen LogP contribution is -2.44. The number of amides is 1. The van der Waals surface area contributed by atoms with Crippen LogP contribution in [0.25, 0.3) is 0 Å². The summed E-state index contributed by atoms with van der Waals surface area (Å²) in [6.45, 7) is 6.27. The highest BCUT2D eigenvalue weighted by Gasteiger charge is 2.24. The van der Waals surface area contributed by atoms with Gasteiger partial charge in [0.15, 0.2) is 0 Å². The first-order chi connectivity index (χ1) is 16.9. The third-order valence-corrected chi connectivity index (χ3v) is 8.00. The number of hydrogen-bond donors (Lipinski definition) is 1. The number of pyridine rings is 1. The van der Waals surface area contributed by atoms with Crippen LogP contribution in [0.2, 0.25) is 0 Å². The molecule has 1 aliphatic rings. The van der Waals surface area contributed by atoms with Crippen LogP contribution in [-0.2, 0) is 16.6 Å². The van der Waals surface area contributed by atoms with Crippen molar-refractivity contribution in [2.24, 2.45) is 0 Å². The Morgan fingerprint density at radius 2 is 1.74 bits per heavy atom. The number of likely N-dealkylation sites (N-methyl/N-ethyl adjacent to an activating group) is 1. The van der Waals surface area contributed by atoms with Crippen LogP contribution in [0, 0.1) is 0 Å². The van der Waals surface area contributed by atoms with Gasteiger partial charge in [0.2, 0.25) is 0 Å². The summed E-state index contributed by atoms with van der Waals surface area (Å²) in [7, 11) is -1.69. The predicted molar refractivity (Wildman–Crippen MR) is 138 cm³/mol. The van der Waals surface area contributed by atoms with Crippen molar-refractivity contribution in [3.05, 3.63) is 84.1 Å². The quantitative estimate of drug-likeness (QED) is 0.519. The van der Waals surface area contributed by atoms with Crippen LogP contribution in [-0.4, -0.2) is 64.0 Å². The zero-order valence-electron chi connectivity index (χ0n) is 20.1. The van der Waals surface area contributed by atoms with Crippen molar-refractivity contribution in [3.8, 4) is 0 Å². The molecular formula is C26H31N5O3S. The molecule has 3 aromatic rings. The van der Waals surface area contributed by atoms with Crippen LogP contribution in [0.3, 0.4) is 0 Å². The number of nitrogens with one attached hydrogen (secondary N) is 1. The van der Waals surface area contributed by atoms with Gasteiger partial charge < -0.3 is 15.1 Å². The smallest absolute Gasteiger partial charge is 0.264 e. The van der Waals surface area contributed by atoms with Crippen LogP contribution >= 0.6 is 0 Å². The van der Waals surface area contributed by atoms with Gasteiger partial charge in [-0.2, -0.15) is 0 Å². The van der Waals surface area contributed by atoms with E-state index in [1.807, 2.05) is 18.2 Å². The Morgan fingerprint density at radius 3 is 2.40 bits per heavy atom. The van der Waals surface area contributed by atoms with Crippen LogP contribution in [0.4, 0.5) is 11.5 Å². The van der Waals surface area contributed by atoms with E-state index in [0.717, 1.165) is 37.6 Å². The van der Waals surface area contributed by atoms with Gasteiger partial charge in [-0.3, -0.25) is 9.10 Å². The first-order valence-electron chi connectivity index (χ1n) is 11.7. The highest BCUT2D eigenvalue weighted by Crippen LogP contribution is 2.24. The van der Waals surface area contributed by atoms with Crippen LogP contribution in [0.1, 0.15) is 22.8 Å². The summed E-state index contributed by atoms with van der Waals surface area (Å²) >= 11 is 0. The van der Waals surface area contributed by atoms with E-state index in [1.165, 1.54) is 16.4 Å². The fourth-order valence-electron chi connectivity index (χ4n) is 4.04. The largest absolute Gasteiger partial charge is 0.354 e. The Morgan fingerprint density at radius 1 is 1.00 bits per heavy atom. The lowest BCUT2D eigenvalue weighted by atomic mass is 10.2. The minimum absolute atomic E-state index is 0.0778. The summed E-state index contributed by atoms with van der Waals surface area (Å²) in [4.78, 5) is 22.0. The highest BCUT2D eigenvalue weighted by molar-refractivity contribution is 7.92. The summed E-state index contributed by atoms with van der Waals surface area (Å²) < 4.78 is 27.9. The van der Waals surface area contributed by atoms with E-state index < -0.39 is 10.0 Å². The van der Waals surface area contributed by atoms with Crippen molar-refractivity contribution in [1.29, 1.82) is 0 Å². The minimum Gasteiger partial charge on any atom is -0.354 e. The van der Waals surface area contributed by atoms with Crippen molar-refractivity contribution in [1.82, 2.24) is 15.2 Å². The molecular weight excluding hydrogens is 462 g/mol. The maximum Gasteiger partial charge on any atom is 0.264 e. The summed E-state index contributed by atoms with van der Waals surface area (Å²) in [5.41, 5.74) is 1.75. The molecule has 184 valence electrons. The summed E-state index contributed by atoms with van der Waals surface area (Å²) in [6, 6.07) is 19.0. The Hall–Kier alpha value is -3.43. The second-order valence-corrected chi connectivity index (χ2v) is 10.4. The van der Waals surface area contributed by atoms with Crippen molar-refractivity contribution < 1.29 is 13.2 Å². The summed E-state index contributed by atoms with van der Waals surface area (Å²) in [5.74, 6) is 0.595. The molecule has 4 rings (SSSR count). The molecule has 9 heteroatoms. The summed E-state index contributed by atoms with van der Waals surface area (Å²) in [5, 5.41) is 2.87. The monoisotopic (exact) mass is 493 g/mol. The van der Waals surface area contributed by atoms with Gasteiger partial charge in [-0.05, 0) is 55.9 Å². The maximum absolute atomic E-state index is 13.3. The third kappa shape index (κ3) is 5.80. The third-order valence-electron chi connectivity index (χ3n) is 6.11. The Kier molecular flexibility index (Phi) is 7.67. The van der Waals surface area contributed by atoms with E-state index in [2.05, 4.69) is 27.1 Å². The number of sulfonamides is 1. The normalized spacial score (nSPS) is 14.5. The topological polar surface area (TPSA) is 85.8 Å². The number of carbonyl (C=O) groups is 1. The Balaban J connectivity index is 1.42. The standard InChI is InChI=1S/C26H31N5O3S/c1-3-31(23-9-5-4-6-10-23)35(33,34)24-11-7-8-22(18-24)26(32)28-20-21-12-13-25(27-19-21)30-16-14-29(2)15-17-30/h4-13,18-19H,3,14-17,20H2,1-2H3,(H,28,32). The van der Waals surface area contributed by atoms with E-state index in [0.29, 0.717) is 12.2 Å². The molecule has 0 unspecified atom stereocenters. The van der Waals surface area contributed by atoms with E-state index in [9.17, 15) is 13.2 Å². The van der Waals surface area contributed by atoms with Crippen LogP contribution in [0.15, 0.2) is 77.8 Å². The maximum atomic E-state index is 13.3. The molecule has 1 N–H and O–H groups in total. The Bertz CT molecular complexity index is 1240. The predicted octanol–water partition coefficient (Wildman–Crippen LogP) is 2.98. The molecule has 35 heavy (non-hydrogen) atoms. The van der Waals surface area contributed by atoms with Crippen molar-refractivity contribution in [3.63, 3.8) is 0 Å². The fourth-order valence-corrected chi connectivity index (χ4v) is 5.56. The van der Waals surface area contributed by atoms with Gasteiger partial charge in [-0.15, -0.1) is 0 Å². The molecule has 0 spiro atoms. The minimum atomic E-state index is -3.81. The van der Waals surface area contributed by atoms with Gasteiger partial charge in [0, 0.05) is 51.0 Å². The number of aromatic nitrogens is 1. The average Bonchev–Trinajstić information content (AvgIpc) is 2.89. The molecule has 0 aliphatic carbocycles. The van der Waals surface area contributed by atoms with E-state index in [4.69, 9.17) is 0 Å². The number of hydrogen-bond acceptors (Lipinski definition) is 6. The molecule has 0 radical (unpaired) electrons. The lowest BCUT2D eigenvalue weighted by Gasteiger charge is -2.33. The number of carbonyl (C=O) groups excluding carboxylic acids is 1. The SMILES string of the molecule is CCN(c1ccccc1)S(=O)(=O)c1cccc(C(=O)NCc2ccc(N3CCN(C)CC3)nc2)c1. The van der Waals surface area contributed by atoms with Crippen LogP contribution < -0.4 is 14.5 Å². The number of para-hydroxylation sites is 1. The number of rotatable bonds is 8. The molecule has 0 atom stereocenters. The van der Waals surface area contributed by atoms with E-state index >= 15 is 0 Å². The zero-order valence-corrected chi connectivity index (χ0v) is 20.9.